The highest BCUT2D eigenvalue weighted by molar-refractivity contribution is 9.09. The molecule has 3 saturated heterocycles. The normalized spacial score (nSPS) is 29.5. The van der Waals surface area contributed by atoms with Crippen molar-refractivity contribution in [3.63, 3.8) is 0 Å². The molecule has 6 rings (SSSR count). The number of halogens is 1. The monoisotopic (exact) mass is 627 g/mol. The molecule has 7 atom stereocenters. The standard InChI is InChI=1S/C28H30BrN5O5S/c1-2-39-27(38)21-22-26(37)34(17(14-35)12-16-8-4-3-5-9-16)24(28(22)13-18(29)23(21)40-28)25(36)30-15-33-20-11-7-6-10-19(20)31-32-33/h3-11,17-18,21-24,35H,2,12-15H2,1H3,(H,30,36)/t17-,18?,21+,22+,23+,24?,28?/m1/s1. The van der Waals surface area contributed by atoms with Crippen LogP contribution in [-0.2, 0) is 32.2 Å². The summed E-state index contributed by atoms with van der Waals surface area (Å²) in [5.74, 6) is -2.44. The number of aromatic nitrogens is 3. The van der Waals surface area contributed by atoms with Crippen LogP contribution in [0.15, 0.2) is 54.6 Å². The SMILES string of the molecule is CCOC(=O)[C@H]1[C@H]2C(=O)N([C@@H](CO)Cc3ccccc3)C(C(=O)NCn3nnc4ccccc43)C23CC(Br)[C@@H]1S3. The smallest absolute Gasteiger partial charge is 0.310 e. The molecule has 3 aliphatic rings. The third kappa shape index (κ3) is 4.31. The number of fused-ring (bicyclic) bond motifs is 2. The number of alkyl halides is 1. The zero-order valence-corrected chi connectivity index (χ0v) is 24.3. The lowest BCUT2D eigenvalue weighted by molar-refractivity contribution is -0.154. The molecule has 0 radical (unpaired) electrons. The van der Waals surface area contributed by atoms with E-state index >= 15 is 0 Å². The van der Waals surface area contributed by atoms with Gasteiger partial charge in [-0.05, 0) is 37.5 Å². The third-order valence-electron chi connectivity index (χ3n) is 8.28. The molecule has 2 bridgehead atoms. The molecule has 40 heavy (non-hydrogen) atoms. The summed E-state index contributed by atoms with van der Waals surface area (Å²) in [6.45, 7) is 1.69. The molecule has 2 aromatic carbocycles. The first-order valence-electron chi connectivity index (χ1n) is 13.4. The van der Waals surface area contributed by atoms with Crippen LogP contribution in [0.3, 0.4) is 0 Å². The number of amides is 2. The summed E-state index contributed by atoms with van der Waals surface area (Å²) in [7, 11) is 0. The van der Waals surface area contributed by atoms with Crippen molar-refractivity contribution < 1.29 is 24.2 Å². The van der Waals surface area contributed by atoms with Gasteiger partial charge in [0.2, 0.25) is 11.8 Å². The Hall–Kier alpha value is -2.96. The predicted molar refractivity (Wildman–Crippen MR) is 152 cm³/mol. The van der Waals surface area contributed by atoms with E-state index in [4.69, 9.17) is 4.74 Å². The van der Waals surface area contributed by atoms with E-state index in [1.807, 2.05) is 54.6 Å². The van der Waals surface area contributed by atoms with Gasteiger partial charge in [0.1, 0.15) is 18.2 Å². The molecule has 3 aromatic rings. The van der Waals surface area contributed by atoms with Crippen molar-refractivity contribution in [1.82, 2.24) is 25.2 Å². The van der Waals surface area contributed by atoms with Crippen molar-refractivity contribution in [2.75, 3.05) is 13.2 Å². The molecule has 1 spiro atoms. The second kappa shape index (κ2) is 10.8. The van der Waals surface area contributed by atoms with Crippen molar-refractivity contribution in [3.05, 3.63) is 60.2 Å². The van der Waals surface area contributed by atoms with Gasteiger partial charge in [0.05, 0.1) is 41.4 Å². The Labute approximate surface area is 243 Å². The van der Waals surface area contributed by atoms with Crippen LogP contribution in [0.25, 0.3) is 11.0 Å². The molecule has 1 aromatic heterocycles. The largest absolute Gasteiger partial charge is 0.466 e. The van der Waals surface area contributed by atoms with Gasteiger partial charge in [0.15, 0.2) is 0 Å². The minimum atomic E-state index is -0.893. The van der Waals surface area contributed by atoms with Gasteiger partial charge in [0.25, 0.3) is 0 Å². The lowest BCUT2D eigenvalue weighted by Crippen LogP contribution is -2.57. The highest BCUT2D eigenvalue weighted by Gasteiger charge is 2.76. The van der Waals surface area contributed by atoms with Gasteiger partial charge >= 0.3 is 5.97 Å². The van der Waals surface area contributed by atoms with Gasteiger partial charge in [-0.15, -0.1) is 16.9 Å². The molecular weight excluding hydrogens is 598 g/mol. The van der Waals surface area contributed by atoms with E-state index in [2.05, 4.69) is 31.6 Å². The van der Waals surface area contributed by atoms with E-state index in [0.717, 1.165) is 11.1 Å². The van der Waals surface area contributed by atoms with Crippen LogP contribution in [0.5, 0.6) is 0 Å². The maximum Gasteiger partial charge on any atom is 0.310 e. The number of hydrogen-bond acceptors (Lipinski definition) is 8. The van der Waals surface area contributed by atoms with E-state index in [1.165, 1.54) is 11.8 Å². The summed E-state index contributed by atoms with van der Waals surface area (Å²) < 4.78 is 6.18. The van der Waals surface area contributed by atoms with Gasteiger partial charge in [-0.25, -0.2) is 4.68 Å². The topological polar surface area (TPSA) is 127 Å². The number of thioether (sulfide) groups is 1. The number of carbonyl (C=O) groups excluding carboxylic acids is 3. The van der Waals surface area contributed by atoms with Crippen molar-refractivity contribution in [3.8, 4) is 0 Å². The van der Waals surface area contributed by atoms with Crippen molar-refractivity contribution in [2.45, 2.75) is 53.3 Å². The number of aliphatic hydroxyl groups is 1. The van der Waals surface area contributed by atoms with Crippen molar-refractivity contribution in [2.24, 2.45) is 11.8 Å². The Kier molecular flexibility index (Phi) is 7.34. The number of nitrogens with one attached hydrogen (secondary N) is 1. The Balaban J connectivity index is 1.36. The Morgan fingerprint density at radius 3 is 2.73 bits per heavy atom. The molecule has 0 aliphatic carbocycles. The Morgan fingerprint density at radius 1 is 1.23 bits per heavy atom. The fourth-order valence-corrected chi connectivity index (χ4v) is 10.3. The molecule has 2 amide bonds. The summed E-state index contributed by atoms with van der Waals surface area (Å²) in [4.78, 5) is 43.1. The zero-order chi connectivity index (χ0) is 28.0. The number of benzene rings is 2. The lowest BCUT2D eigenvalue weighted by Gasteiger charge is -2.37. The molecule has 210 valence electrons. The predicted octanol–water partition coefficient (Wildman–Crippen LogP) is 2.14. The van der Waals surface area contributed by atoms with Crippen molar-refractivity contribution >= 4 is 56.5 Å². The quantitative estimate of drug-likeness (QED) is 0.273. The van der Waals surface area contributed by atoms with E-state index < -0.39 is 34.6 Å². The van der Waals surface area contributed by atoms with Crippen LogP contribution in [0, 0.1) is 11.8 Å². The first-order chi connectivity index (χ1) is 19.4. The molecule has 2 N–H and O–H groups in total. The first-order valence-corrected chi connectivity index (χ1v) is 15.2. The Morgan fingerprint density at radius 2 is 1.98 bits per heavy atom. The average molecular weight is 629 g/mol. The molecule has 3 unspecified atom stereocenters. The Bertz CT molecular complexity index is 1440. The second-order valence-electron chi connectivity index (χ2n) is 10.5. The number of nitrogens with zero attached hydrogens (tertiary/aromatic N) is 4. The van der Waals surface area contributed by atoms with E-state index in [9.17, 15) is 19.5 Å². The molecular formula is C28H30BrN5O5S. The summed E-state index contributed by atoms with van der Waals surface area (Å²) in [6, 6.07) is 15.5. The number of ether oxygens (including phenoxy) is 1. The highest BCUT2D eigenvalue weighted by Crippen LogP contribution is 2.68. The minimum absolute atomic E-state index is 0.0628. The van der Waals surface area contributed by atoms with Gasteiger partial charge in [-0.2, -0.15) is 0 Å². The van der Waals surface area contributed by atoms with Gasteiger partial charge < -0.3 is 20.1 Å². The third-order valence-corrected chi connectivity index (χ3v) is 11.5. The van der Waals surface area contributed by atoms with Crippen LogP contribution >= 0.6 is 27.7 Å². The fraction of sp³-hybridized carbons (Fsp3) is 0.464. The number of carbonyl (C=O) groups is 3. The molecule has 3 aliphatic heterocycles. The highest BCUT2D eigenvalue weighted by atomic mass is 79.9. The van der Waals surface area contributed by atoms with E-state index in [1.54, 1.807) is 16.5 Å². The zero-order valence-electron chi connectivity index (χ0n) is 21.9. The van der Waals surface area contributed by atoms with Gasteiger partial charge in [-0.1, -0.05) is 63.6 Å². The number of hydrogen-bond donors (Lipinski definition) is 2. The molecule has 3 fully saturated rings. The fourth-order valence-electron chi connectivity index (χ4n) is 6.69. The number of esters is 1. The summed E-state index contributed by atoms with van der Waals surface area (Å²) in [6.07, 6.45) is 0.915. The van der Waals surface area contributed by atoms with Crippen LogP contribution in [-0.4, -0.2) is 82.9 Å². The average Bonchev–Trinajstić information content (AvgIpc) is 3.68. The van der Waals surface area contributed by atoms with Crippen molar-refractivity contribution in [1.29, 1.82) is 0 Å². The molecule has 10 nitrogen and oxygen atoms in total. The summed E-state index contributed by atoms with van der Waals surface area (Å²) in [5.41, 5.74) is 2.42. The minimum Gasteiger partial charge on any atom is -0.466 e. The van der Waals surface area contributed by atoms with Crippen LogP contribution in [0.4, 0.5) is 0 Å². The second-order valence-corrected chi connectivity index (χ2v) is 13.2. The molecule has 4 heterocycles. The summed E-state index contributed by atoms with van der Waals surface area (Å²) >= 11 is 5.28. The van der Waals surface area contributed by atoms with E-state index in [-0.39, 0.29) is 41.8 Å². The van der Waals surface area contributed by atoms with Crippen LogP contribution in [0.1, 0.15) is 18.9 Å². The molecule has 12 heteroatoms. The van der Waals surface area contributed by atoms with E-state index in [0.29, 0.717) is 18.4 Å². The number of aliphatic hydroxyl groups excluding tert-OH is 1. The van der Waals surface area contributed by atoms with Crippen LogP contribution in [0.2, 0.25) is 0 Å². The summed E-state index contributed by atoms with van der Waals surface area (Å²) in [5, 5.41) is 21.7. The molecule has 0 saturated carbocycles. The maximum atomic E-state index is 14.3. The van der Waals surface area contributed by atoms with Gasteiger partial charge in [0, 0.05) is 10.1 Å². The number of para-hydroxylation sites is 1. The van der Waals surface area contributed by atoms with Gasteiger partial charge in [-0.3, -0.25) is 14.4 Å². The maximum absolute atomic E-state index is 14.3. The number of rotatable bonds is 9. The first kappa shape index (κ1) is 27.2. The number of likely N-dealkylation sites (tertiary alicyclic amines) is 1. The lowest BCUT2D eigenvalue weighted by atomic mass is 9.71. The van der Waals surface area contributed by atoms with Crippen LogP contribution < -0.4 is 5.32 Å².